The predicted molar refractivity (Wildman–Crippen MR) is 91.8 cm³/mol. The topological polar surface area (TPSA) is 92.5 Å². The summed E-state index contributed by atoms with van der Waals surface area (Å²) in [6, 6.07) is 6.77. The molecule has 0 spiro atoms. The van der Waals surface area contributed by atoms with Crippen LogP contribution in [0.2, 0.25) is 0 Å². The lowest BCUT2D eigenvalue weighted by Crippen LogP contribution is -2.45. The molecule has 2 atom stereocenters. The van der Waals surface area contributed by atoms with Crippen molar-refractivity contribution >= 4 is 21.6 Å². The number of carbonyl (C=O) groups excluding carboxylic acids is 1. The largest absolute Gasteiger partial charge is 0.338 e. The first-order valence-corrected chi connectivity index (χ1v) is 9.63. The number of sulfonamides is 1. The van der Waals surface area contributed by atoms with Crippen molar-refractivity contribution in [3.8, 4) is 0 Å². The van der Waals surface area contributed by atoms with Gasteiger partial charge in [0.15, 0.2) is 0 Å². The molecule has 0 radical (unpaired) electrons. The molecule has 1 saturated heterocycles. The second-order valence-corrected chi connectivity index (χ2v) is 8.07. The van der Waals surface area contributed by atoms with E-state index in [9.17, 15) is 13.2 Å². The Balaban J connectivity index is 2.22. The van der Waals surface area contributed by atoms with Crippen molar-refractivity contribution in [3.05, 3.63) is 29.8 Å². The molecule has 2 rings (SSSR count). The summed E-state index contributed by atoms with van der Waals surface area (Å²) in [5, 5.41) is 0. The lowest BCUT2D eigenvalue weighted by molar-refractivity contribution is 0.0662. The van der Waals surface area contributed by atoms with Crippen LogP contribution in [0, 0.1) is 5.92 Å². The van der Waals surface area contributed by atoms with Gasteiger partial charge >= 0.3 is 0 Å². The van der Waals surface area contributed by atoms with Gasteiger partial charge < -0.3 is 10.6 Å². The van der Waals surface area contributed by atoms with Crippen LogP contribution in [-0.2, 0) is 10.0 Å². The molecule has 1 fully saturated rings. The maximum absolute atomic E-state index is 12.8. The summed E-state index contributed by atoms with van der Waals surface area (Å²) in [4.78, 5) is 14.6. The SMILES string of the molecule is CCS(=O)(=O)Nc1ccccc1C(=O)N1CCCC(C(C)N)C1. The van der Waals surface area contributed by atoms with Gasteiger partial charge in [-0.2, -0.15) is 0 Å². The molecule has 0 aliphatic carbocycles. The van der Waals surface area contributed by atoms with E-state index in [-0.39, 0.29) is 23.6 Å². The van der Waals surface area contributed by atoms with Crippen LogP contribution >= 0.6 is 0 Å². The summed E-state index contributed by atoms with van der Waals surface area (Å²) in [6.45, 7) is 4.81. The lowest BCUT2D eigenvalue weighted by Gasteiger charge is -2.35. The number of likely N-dealkylation sites (tertiary alicyclic amines) is 1. The summed E-state index contributed by atoms with van der Waals surface area (Å²) >= 11 is 0. The highest BCUT2D eigenvalue weighted by Gasteiger charge is 2.28. The van der Waals surface area contributed by atoms with Crippen molar-refractivity contribution in [2.45, 2.75) is 32.7 Å². The Morgan fingerprint density at radius 2 is 2.13 bits per heavy atom. The summed E-state index contributed by atoms with van der Waals surface area (Å²) in [6.07, 6.45) is 1.94. The molecule has 1 heterocycles. The molecular formula is C16H25N3O3S. The van der Waals surface area contributed by atoms with Crippen molar-refractivity contribution in [3.63, 3.8) is 0 Å². The van der Waals surface area contributed by atoms with E-state index in [0.29, 0.717) is 24.3 Å². The zero-order chi connectivity index (χ0) is 17.0. The van der Waals surface area contributed by atoms with Gasteiger partial charge in [0.05, 0.1) is 17.0 Å². The van der Waals surface area contributed by atoms with Crippen molar-refractivity contribution in [2.24, 2.45) is 11.7 Å². The molecule has 3 N–H and O–H groups in total. The first-order chi connectivity index (χ1) is 10.8. The molecule has 0 bridgehead atoms. The number of rotatable bonds is 5. The van der Waals surface area contributed by atoms with E-state index >= 15 is 0 Å². The second-order valence-electron chi connectivity index (χ2n) is 6.06. The summed E-state index contributed by atoms with van der Waals surface area (Å²) in [5.74, 6) is 0.100. The molecule has 1 aromatic carbocycles. The molecular weight excluding hydrogens is 314 g/mol. The average Bonchev–Trinajstić information content (AvgIpc) is 2.54. The number of nitrogens with zero attached hydrogens (tertiary/aromatic N) is 1. The van der Waals surface area contributed by atoms with Crippen LogP contribution in [0.15, 0.2) is 24.3 Å². The molecule has 0 saturated carbocycles. The number of hydrogen-bond acceptors (Lipinski definition) is 4. The fraction of sp³-hybridized carbons (Fsp3) is 0.562. The number of amides is 1. The maximum Gasteiger partial charge on any atom is 0.255 e. The van der Waals surface area contributed by atoms with Gasteiger partial charge in [0.2, 0.25) is 10.0 Å². The molecule has 1 aliphatic heterocycles. The molecule has 1 aromatic rings. The Hall–Kier alpha value is -1.60. The van der Waals surface area contributed by atoms with Crippen LogP contribution in [0.5, 0.6) is 0 Å². The molecule has 128 valence electrons. The number of anilines is 1. The van der Waals surface area contributed by atoms with Crippen LogP contribution in [0.1, 0.15) is 37.0 Å². The van der Waals surface area contributed by atoms with Crippen molar-refractivity contribution in [1.82, 2.24) is 4.90 Å². The summed E-state index contributed by atoms with van der Waals surface area (Å²) in [5.41, 5.74) is 6.69. The molecule has 2 unspecified atom stereocenters. The van der Waals surface area contributed by atoms with Crippen LogP contribution in [-0.4, -0.2) is 44.1 Å². The van der Waals surface area contributed by atoms with Crippen molar-refractivity contribution in [1.29, 1.82) is 0 Å². The van der Waals surface area contributed by atoms with E-state index in [2.05, 4.69) is 4.72 Å². The van der Waals surface area contributed by atoms with E-state index in [1.54, 1.807) is 36.1 Å². The second kappa shape index (κ2) is 7.31. The van der Waals surface area contributed by atoms with E-state index < -0.39 is 10.0 Å². The third-order valence-electron chi connectivity index (χ3n) is 4.29. The fourth-order valence-corrected chi connectivity index (χ4v) is 3.45. The number of hydrogen-bond donors (Lipinski definition) is 2. The Bertz CT molecular complexity index is 658. The molecule has 1 amide bonds. The van der Waals surface area contributed by atoms with Crippen LogP contribution < -0.4 is 10.5 Å². The third-order valence-corrected chi connectivity index (χ3v) is 5.58. The highest BCUT2D eigenvalue weighted by molar-refractivity contribution is 7.92. The molecule has 6 nitrogen and oxygen atoms in total. The number of carbonyl (C=O) groups is 1. The van der Waals surface area contributed by atoms with Crippen molar-refractivity contribution < 1.29 is 13.2 Å². The highest BCUT2D eigenvalue weighted by atomic mass is 32.2. The van der Waals surface area contributed by atoms with Gasteiger partial charge in [0, 0.05) is 19.1 Å². The van der Waals surface area contributed by atoms with Crippen molar-refractivity contribution in [2.75, 3.05) is 23.6 Å². The minimum absolute atomic E-state index is 0.0357. The smallest absolute Gasteiger partial charge is 0.255 e. The molecule has 1 aliphatic rings. The first-order valence-electron chi connectivity index (χ1n) is 7.98. The normalized spacial score (nSPS) is 20.1. The standard InChI is InChI=1S/C16H25N3O3S/c1-3-23(21,22)18-15-9-5-4-8-14(15)16(20)19-10-6-7-13(11-19)12(2)17/h4-5,8-9,12-13,18H,3,6-7,10-11,17H2,1-2H3. The van der Waals surface area contributed by atoms with Gasteiger partial charge in [0.25, 0.3) is 5.91 Å². The third kappa shape index (κ3) is 4.45. The number of nitrogens with one attached hydrogen (secondary N) is 1. The molecule has 0 aromatic heterocycles. The van der Waals surface area contributed by atoms with E-state index in [1.807, 2.05) is 6.92 Å². The molecule has 23 heavy (non-hydrogen) atoms. The Morgan fingerprint density at radius 1 is 1.43 bits per heavy atom. The van der Waals surface area contributed by atoms with E-state index in [4.69, 9.17) is 5.73 Å². The maximum atomic E-state index is 12.8. The number of para-hydroxylation sites is 1. The van der Waals surface area contributed by atoms with Gasteiger partial charge in [-0.1, -0.05) is 12.1 Å². The van der Waals surface area contributed by atoms with E-state index in [0.717, 1.165) is 12.8 Å². The first kappa shape index (κ1) is 17.7. The minimum Gasteiger partial charge on any atom is -0.338 e. The average molecular weight is 339 g/mol. The number of nitrogens with two attached hydrogens (primary N) is 1. The number of piperidine rings is 1. The monoisotopic (exact) mass is 339 g/mol. The van der Waals surface area contributed by atoms with Gasteiger partial charge in [0.1, 0.15) is 0 Å². The highest BCUT2D eigenvalue weighted by Crippen LogP contribution is 2.24. The zero-order valence-corrected chi connectivity index (χ0v) is 14.5. The van der Waals surface area contributed by atoms with E-state index in [1.165, 1.54) is 0 Å². The van der Waals surface area contributed by atoms with Gasteiger partial charge in [-0.25, -0.2) is 8.42 Å². The van der Waals surface area contributed by atoms with Gasteiger partial charge in [-0.15, -0.1) is 0 Å². The summed E-state index contributed by atoms with van der Waals surface area (Å²) in [7, 11) is -3.42. The van der Waals surface area contributed by atoms with Gasteiger partial charge in [-0.3, -0.25) is 9.52 Å². The zero-order valence-electron chi connectivity index (χ0n) is 13.7. The van der Waals surface area contributed by atoms with Crippen LogP contribution in [0.4, 0.5) is 5.69 Å². The molecule has 7 heteroatoms. The van der Waals surface area contributed by atoms with Gasteiger partial charge in [-0.05, 0) is 44.7 Å². The van der Waals surface area contributed by atoms with Crippen LogP contribution in [0.3, 0.4) is 0 Å². The quantitative estimate of drug-likeness (QED) is 0.853. The fourth-order valence-electron chi connectivity index (χ4n) is 2.79. The Labute approximate surface area is 138 Å². The predicted octanol–water partition coefficient (Wildman–Crippen LogP) is 1.65. The lowest BCUT2D eigenvalue weighted by atomic mass is 9.92. The Morgan fingerprint density at radius 3 is 2.78 bits per heavy atom. The summed E-state index contributed by atoms with van der Waals surface area (Å²) < 4.78 is 26.1. The minimum atomic E-state index is -3.42. The number of benzene rings is 1. The van der Waals surface area contributed by atoms with Crippen LogP contribution in [0.25, 0.3) is 0 Å². The Kier molecular flexibility index (Phi) is 5.64.